The van der Waals surface area contributed by atoms with Gasteiger partial charge in [-0.2, -0.15) is 0 Å². The van der Waals surface area contributed by atoms with Gasteiger partial charge in [0.05, 0.1) is 15.5 Å². The normalized spacial score (nSPS) is 14.2. The minimum Gasteiger partial charge on any atom is -0.280 e. The summed E-state index contributed by atoms with van der Waals surface area (Å²) in [6.07, 6.45) is 1.33. The third kappa shape index (κ3) is 4.12. The predicted molar refractivity (Wildman–Crippen MR) is 127 cm³/mol. The number of anilines is 2. The van der Waals surface area contributed by atoms with Crippen LogP contribution in [0.4, 0.5) is 11.4 Å². The standard InChI is InChI=1S/C24H26N2O4S2/c1-17-14-19(3)24(15-18(17)2)31(27,28)25-21-11-12-23-20(16-21)8-7-13-26(23)32(29,30)22-9-5-4-6-10-22/h4-6,9-12,14-16,25H,7-8,13H2,1-3H3. The van der Waals surface area contributed by atoms with Crippen LogP contribution < -0.4 is 9.03 Å². The number of hydrogen-bond acceptors (Lipinski definition) is 4. The number of benzene rings is 3. The van der Waals surface area contributed by atoms with E-state index in [0.717, 1.165) is 16.7 Å². The fourth-order valence-electron chi connectivity index (χ4n) is 4.03. The van der Waals surface area contributed by atoms with Gasteiger partial charge in [0.1, 0.15) is 0 Å². The van der Waals surface area contributed by atoms with Crippen LogP contribution in [0.25, 0.3) is 0 Å². The van der Waals surface area contributed by atoms with Crippen LogP contribution in [0.5, 0.6) is 0 Å². The molecule has 1 aliphatic heterocycles. The first-order valence-electron chi connectivity index (χ1n) is 10.4. The average Bonchev–Trinajstić information content (AvgIpc) is 2.76. The van der Waals surface area contributed by atoms with Crippen molar-refractivity contribution in [1.82, 2.24) is 0 Å². The lowest BCUT2D eigenvalue weighted by Gasteiger charge is -2.31. The Kier molecular flexibility index (Phi) is 5.77. The third-order valence-electron chi connectivity index (χ3n) is 5.82. The first-order chi connectivity index (χ1) is 15.1. The number of aryl methyl sites for hydroxylation is 4. The topological polar surface area (TPSA) is 83.6 Å². The Labute approximate surface area is 190 Å². The molecule has 3 aromatic carbocycles. The highest BCUT2D eigenvalue weighted by molar-refractivity contribution is 7.93. The molecule has 0 saturated heterocycles. The maximum atomic E-state index is 13.2. The highest BCUT2D eigenvalue weighted by Gasteiger charge is 2.29. The fraction of sp³-hybridized carbons (Fsp3) is 0.250. The second-order valence-electron chi connectivity index (χ2n) is 8.14. The number of sulfonamides is 2. The second-order valence-corrected chi connectivity index (χ2v) is 11.7. The zero-order valence-corrected chi connectivity index (χ0v) is 19.9. The molecule has 6 nitrogen and oxygen atoms in total. The molecule has 1 N–H and O–H groups in total. The van der Waals surface area contributed by atoms with E-state index < -0.39 is 20.0 Å². The van der Waals surface area contributed by atoms with Gasteiger partial charge < -0.3 is 0 Å². The molecule has 32 heavy (non-hydrogen) atoms. The number of nitrogens with zero attached hydrogens (tertiary/aromatic N) is 1. The molecule has 0 amide bonds. The van der Waals surface area contributed by atoms with Crippen LogP contribution in [-0.4, -0.2) is 23.4 Å². The molecule has 0 radical (unpaired) electrons. The van der Waals surface area contributed by atoms with Crippen molar-refractivity contribution in [2.24, 2.45) is 0 Å². The molecule has 0 fully saturated rings. The van der Waals surface area contributed by atoms with E-state index >= 15 is 0 Å². The molecule has 0 unspecified atom stereocenters. The first kappa shape index (κ1) is 22.4. The van der Waals surface area contributed by atoms with Crippen LogP contribution in [-0.2, 0) is 26.5 Å². The smallest absolute Gasteiger partial charge is 0.264 e. The summed E-state index contributed by atoms with van der Waals surface area (Å²) in [6, 6.07) is 16.9. The molecule has 0 atom stereocenters. The van der Waals surface area contributed by atoms with Crippen LogP contribution in [0.1, 0.15) is 28.7 Å². The summed E-state index contributed by atoms with van der Waals surface area (Å²) in [5.41, 5.74) is 4.43. The summed E-state index contributed by atoms with van der Waals surface area (Å²) >= 11 is 0. The lowest BCUT2D eigenvalue weighted by atomic mass is 10.0. The summed E-state index contributed by atoms with van der Waals surface area (Å²) in [6.45, 7) is 6.00. The van der Waals surface area contributed by atoms with Crippen molar-refractivity contribution >= 4 is 31.4 Å². The molecule has 168 valence electrons. The van der Waals surface area contributed by atoms with E-state index in [9.17, 15) is 16.8 Å². The van der Waals surface area contributed by atoms with Gasteiger partial charge in [0.15, 0.2) is 0 Å². The van der Waals surface area contributed by atoms with E-state index in [1.165, 1.54) is 4.31 Å². The van der Waals surface area contributed by atoms with Crippen LogP contribution in [0, 0.1) is 20.8 Å². The van der Waals surface area contributed by atoms with Crippen molar-refractivity contribution in [3.05, 3.63) is 82.9 Å². The van der Waals surface area contributed by atoms with Crippen molar-refractivity contribution < 1.29 is 16.8 Å². The van der Waals surface area contributed by atoms with Gasteiger partial charge >= 0.3 is 0 Å². The first-order valence-corrected chi connectivity index (χ1v) is 13.3. The maximum absolute atomic E-state index is 13.2. The maximum Gasteiger partial charge on any atom is 0.264 e. The number of nitrogens with one attached hydrogen (secondary N) is 1. The molecular weight excluding hydrogens is 444 g/mol. The molecule has 1 aliphatic rings. The Morgan fingerprint density at radius 3 is 2.22 bits per heavy atom. The predicted octanol–water partition coefficient (Wildman–Crippen LogP) is 4.55. The van der Waals surface area contributed by atoms with Gasteiger partial charge in [0.25, 0.3) is 20.0 Å². The minimum atomic E-state index is -3.78. The number of hydrogen-bond donors (Lipinski definition) is 1. The van der Waals surface area contributed by atoms with E-state index in [2.05, 4.69) is 4.72 Å². The number of fused-ring (bicyclic) bond motifs is 1. The summed E-state index contributed by atoms with van der Waals surface area (Å²) in [4.78, 5) is 0.481. The van der Waals surface area contributed by atoms with Crippen LogP contribution in [0.3, 0.4) is 0 Å². The molecule has 0 bridgehead atoms. The van der Waals surface area contributed by atoms with Crippen LogP contribution in [0.15, 0.2) is 70.5 Å². The van der Waals surface area contributed by atoms with Gasteiger partial charge in [0, 0.05) is 12.2 Å². The van der Waals surface area contributed by atoms with E-state index in [1.54, 1.807) is 61.5 Å². The van der Waals surface area contributed by atoms with Gasteiger partial charge in [-0.1, -0.05) is 24.3 Å². The van der Waals surface area contributed by atoms with Crippen LogP contribution in [0.2, 0.25) is 0 Å². The monoisotopic (exact) mass is 470 g/mol. The van der Waals surface area contributed by atoms with E-state index in [-0.39, 0.29) is 9.79 Å². The van der Waals surface area contributed by atoms with Gasteiger partial charge in [-0.05, 0) is 92.3 Å². The molecular formula is C24H26N2O4S2. The SMILES string of the molecule is Cc1cc(C)c(S(=O)(=O)Nc2ccc3c(c2)CCCN3S(=O)(=O)c2ccccc2)cc1C. The zero-order valence-electron chi connectivity index (χ0n) is 18.3. The molecule has 0 spiro atoms. The minimum absolute atomic E-state index is 0.239. The Bertz CT molecular complexity index is 1380. The summed E-state index contributed by atoms with van der Waals surface area (Å²) in [7, 11) is -7.46. The molecule has 4 rings (SSSR count). The molecule has 3 aromatic rings. The molecule has 1 heterocycles. The van der Waals surface area contributed by atoms with Crippen molar-refractivity contribution in [3.63, 3.8) is 0 Å². The average molecular weight is 471 g/mol. The Morgan fingerprint density at radius 1 is 0.812 bits per heavy atom. The lowest BCUT2D eigenvalue weighted by molar-refractivity contribution is 0.586. The zero-order chi connectivity index (χ0) is 23.1. The van der Waals surface area contributed by atoms with Gasteiger partial charge in [-0.3, -0.25) is 9.03 Å². The molecule has 0 saturated carbocycles. The fourth-order valence-corrected chi connectivity index (χ4v) is 6.95. The van der Waals surface area contributed by atoms with Crippen molar-refractivity contribution in [2.75, 3.05) is 15.6 Å². The molecule has 0 aromatic heterocycles. The second kappa shape index (κ2) is 8.26. The Morgan fingerprint density at radius 2 is 1.50 bits per heavy atom. The van der Waals surface area contributed by atoms with Crippen molar-refractivity contribution in [1.29, 1.82) is 0 Å². The van der Waals surface area contributed by atoms with Crippen molar-refractivity contribution in [3.8, 4) is 0 Å². The van der Waals surface area contributed by atoms with Gasteiger partial charge in [-0.25, -0.2) is 16.8 Å². The Balaban J connectivity index is 1.67. The summed E-state index contributed by atoms with van der Waals surface area (Å²) in [5, 5.41) is 0. The quantitative estimate of drug-likeness (QED) is 0.593. The van der Waals surface area contributed by atoms with Gasteiger partial charge in [0.2, 0.25) is 0 Å². The highest BCUT2D eigenvalue weighted by atomic mass is 32.2. The van der Waals surface area contributed by atoms with Gasteiger partial charge in [-0.15, -0.1) is 0 Å². The molecule has 8 heteroatoms. The van der Waals surface area contributed by atoms with E-state index in [0.29, 0.717) is 36.3 Å². The van der Waals surface area contributed by atoms with E-state index in [4.69, 9.17) is 0 Å². The van der Waals surface area contributed by atoms with Crippen molar-refractivity contribution in [2.45, 2.75) is 43.4 Å². The molecule has 0 aliphatic carbocycles. The highest BCUT2D eigenvalue weighted by Crippen LogP contribution is 2.34. The largest absolute Gasteiger partial charge is 0.280 e. The lowest BCUT2D eigenvalue weighted by Crippen LogP contribution is -2.35. The third-order valence-corrected chi connectivity index (χ3v) is 9.17. The summed E-state index contributed by atoms with van der Waals surface area (Å²) in [5.74, 6) is 0. The van der Waals surface area contributed by atoms with E-state index in [1.807, 2.05) is 19.9 Å². The number of rotatable bonds is 5. The Hall–Kier alpha value is -2.84. The summed E-state index contributed by atoms with van der Waals surface area (Å²) < 4.78 is 56.5. The van der Waals surface area contributed by atoms with Crippen LogP contribution >= 0.6 is 0 Å².